The van der Waals surface area contributed by atoms with E-state index >= 15 is 0 Å². The van der Waals surface area contributed by atoms with Crippen LogP contribution in [0.1, 0.15) is 36.8 Å². The quantitative estimate of drug-likeness (QED) is 0.352. The topological polar surface area (TPSA) is 0 Å². The van der Waals surface area contributed by atoms with Gasteiger partial charge in [0.05, 0.1) is 0 Å². The Morgan fingerprint density at radius 3 is 2.42 bits per heavy atom. The average molecular weight is 336 g/mol. The molecule has 0 heteroatoms. The fourth-order valence-electron chi connectivity index (χ4n) is 3.26. The Bertz CT molecular complexity index is 1010. The van der Waals surface area contributed by atoms with E-state index in [1.807, 2.05) is 6.08 Å². The maximum Gasteiger partial charge on any atom is 0.0427 e. The highest BCUT2D eigenvalue weighted by Crippen LogP contribution is 2.31. The molecule has 0 N–H and O–H groups in total. The largest absolute Gasteiger partial charge is 0.102 e. The molecule has 0 nitrogen and oxygen atoms in total. The van der Waals surface area contributed by atoms with Crippen molar-refractivity contribution in [1.82, 2.24) is 0 Å². The van der Waals surface area contributed by atoms with Crippen molar-refractivity contribution >= 4 is 10.8 Å². The van der Waals surface area contributed by atoms with Gasteiger partial charge < -0.3 is 0 Å². The Balaban J connectivity index is 2.08. The van der Waals surface area contributed by atoms with Crippen LogP contribution in [0, 0.1) is 11.8 Å². The maximum atomic E-state index is 3.96. The summed E-state index contributed by atoms with van der Waals surface area (Å²) >= 11 is 0. The van der Waals surface area contributed by atoms with Crippen LogP contribution >= 0.6 is 0 Å². The van der Waals surface area contributed by atoms with Crippen LogP contribution in [0.15, 0.2) is 86.0 Å². The van der Waals surface area contributed by atoms with Crippen molar-refractivity contribution in [3.05, 3.63) is 97.1 Å². The van der Waals surface area contributed by atoms with Gasteiger partial charge in [0.1, 0.15) is 0 Å². The van der Waals surface area contributed by atoms with Gasteiger partial charge in [0.2, 0.25) is 0 Å². The molecule has 3 aromatic carbocycles. The molecule has 0 amide bonds. The van der Waals surface area contributed by atoms with Crippen LogP contribution in [-0.2, 0) is 0 Å². The summed E-state index contributed by atoms with van der Waals surface area (Å²) in [5.74, 6) is 6.68. The smallest absolute Gasteiger partial charge is 0.0427 e. The third-order valence-electron chi connectivity index (χ3n) is 4.88. The van der Waals surface area contributed by atoms with E-state index in [1.165, 1.54) is 33.0 Å². The van der Waals surface area contributed by atoms with Gasteiger partial charge in [0.15, 0.2) is 0 Å². The zero-order valence-electron chi connectivity index (χ0n) is 15.5. The van der Waals surface area contributed by atoms with E-state index in [9.17, 15) is 0 Å². The number of hydrogen-bond acceptors (Lipinski definition) is 0. The fraction of sp³-hybridized carbons (Fsp3) is 0.154. The summed E-state index contributed by atoms with van der Waals surface area (Å²) in [5.41, 5.74) is 5.00. The molecule has 0 aromatic heterocycles. The van der Waals surface area contributed by atoms with Crippen molar-refractivity contribution in [1.29, 1.82) is 0 Å². The summed E-state index contributed by atoms with van der Waals surface area (Å²) in [6.07, 6.45) is 3.65. The number of rotatable bonds is 4. The minimum absolute atomic E-state index is 0.185. The molecule has 128 valence electrons. The molecule has 0 bridgehead atoms. The van der Waals surface area contributed by atoms with Crippen LogP contribution in [0.4, 0.5) is 0 Å². The Labute approximate surface area is 156 Å². The van der Waals surface area contributed by atoms with E-state index in [2.05, 4.69) is 99.5 Å². The number of benzene rings is 3. The van der Waals surface area contributed by atoms with Gasteiger partial charge in [-0.3, -0.25) is 0 Å². The van der Waals surface area contributed by atoms with Gasteiger partial charge in [-0.05, 0) is 64.1 Å². The van der Waals surface area contributed by atoms with Crippen LogP contribution in [0.2, 0.25) is 0 Å². The molecular weight excluding hydrogens is 312 g/mol. The van der Waals surface area contributed by atoms with Gasteiger partial charge in [-0.15, -0.1) is 6.58 Å². The van der Waals surface area contributed by atoms with Crippen molar-refractivity contribution in [2.45, 2.75) is 25.7 Å². The fourth-order valence-corrected chi connectivity index (χ4v) is 3.26. The van der Waals surface area contributed by atoms with Gasteiger partial charge in [-0.1, -0.05) is 80.0 Å². The lowest BCUT2D eigenvalue weighted by Gasteiger charge is -2.13. The van der Waals surface area contributed by atoms with Crippen LogP contribution in [-0.4, -0.2) is 0 Å². The van der Waals surface area contributed by atoms with Gasteiger partial charge in [-0.2, -0.15) is 0 Å². The third-order valence-corrected chi connectivity index (χ3v) is 4.88. The molecule has 0 heterocycles. The summed E-state index contributed by atoms with van der Waals surface area (Å²) in [4.78, 5) is 0. The molecular formula is C26H24. The number of allylic oxidation sites excluding steroid dienone is 2. The van der Waals surface area contributed by atoms with Gasteiger partial charge in [0.25, 0.3) is 0 Å². The predicted octanol–water partition coefficient (Wildman–Crippen LogP) is 7.09. The lowest BCUT2D eigenvalue weighted by molar-refractivity contribution is 0.984. The summed E-state index contributed by atoms with van der Waals surface area (Å²) in [6.45, 7) is 11.9. The van der Waals surface area contributed by atoms with Crippen LogP contribution in [0.5, 0.6) is 0 Å². The van der Waals surface area contributed by atoms with Crippen molar-refractivity contribution in [2.24, 2.45) is 0 Å². The molecule has 3 aromatic rings. The van der Waals surface area contributed by atoms with E-state index < -0.39 is 0 Å². The predicted molar refractivity (Wildman–Crippen MR) is 114 cm³/mol. The average Bonchev–Trinajstić information content (AvgIpc) is 2.70. The molecule has 3 rings (SSSR count). The zero-order chi connectivity index (χ0) is 18.5. The zero-order valence-corrected chi connectivity index (χ0v) is 15.5. The van der Waals surface area contributed by atoms with Crippen molar-refractivity contribution in [3.63, 3.8) is 0 Å². The molecule has 0 fully saturated rings. The van der Waals surface area contributed by atoms with E-state index in [4.69, 9.17) is 0 Å². The van der Waals surface area contributed by atoms with E-state index in [0.29, 0.717) is 5.92 Å². The molecule has 26 heavy (non-hydrogen) atoms. The standard InChI is InChI=1S/C26H24/c1-5-7-10-20(4)22-12-8-13-23(17-22)24-16-15-21-11-9-14-25(19(3)6-2)26(21)18-24/h5-6,8-9,11-20H,1-2H2,3-4H3. The first-order valence-corrected chi connectivity index (χ1v) is 9.01. The minimum atomic E-state index is 0.185. The number of hydrogen-bond donors (Lipinski definition) is 0. The Hall–Kier alpha value is -3.04. The van der Waals surface area contributed by atoms with Crippen LogP contribution in [0.3, 0.4) is 0 Å². The van der Waals surface area contributed by atoms with E-state index in [0.717, 1.165) is 0 Å². The normalized spacial score (nSPS) is 12.7. The Kier molecular flexibility index (Phi) is 5.40. The van der Waals surface area contributed by atoms with Gasteiger partial charge in [0, 0.05) is 5.92 Å². The second-order valence-electron chi connectivity index (χ2n) is 6.65. The first-order chi connectivity index (χ1) is 12.6. The summed E-state index contributed by atoms with van der Waals surface area (Å²) in [7, 11) is 0. The van der Waals surface area contributed by atoms with Gasteiger partial charge in [-0.25, -0.2) is 0 Å². The van der Waals surface area contributed by atoms with E-state index in [-0.39, 0.29) is 5.92 Å². The summed E-state index contributed by atoms with van der Waals surface area (Å²) in [5, 5.41) is 2.56. The Morgan fingerprint density at radius 2 is 1.65 bits per heavy atom. The lowest BCUT2D eigenvalue weighted by atomic mass is 9.91. The first kappa shape index (κ1) is 17.8. The second-order valence-corrected chi connectivity index (χ2v) is 6.65. The molecule has 2 unspecified atom stereocenters. The molecule has 0 saturated heterocycles. The summed E-state index contributed by atoms with van der Waals surface area (Å²) < 4.78 is 0. The van der Waals surface area contributed by atoms with Crippen LogP contribution in [0.25, 0.3) is 21.9 Å². The molecule has 0 spiro atoms. The van der Waals surface area contributed by atoms with Crippen molar-refractivity contribution in [2.75, 3.05) is 0 Å². The maximum absolute atomic E-state index is 3.96. The molecule has 0 saturated carbocycles. The Morgan fingerprint density at radius 1 is 0.885 bits per heavy atom. The van der Waals surface area contributed by atoms with Crippen LogP contribution < -0.4 is 0 Å². The molecule has 0 radical (unpaired) electrons. The highest BCUT2D eigenvalue weighted by atomic mass is 14.1. The van der Waals surface area contributed by atoms with Gasteiger partial charge >= 0.3 is 0 Å². The van der Waals surface area contributed by atoms with Crippen molar-refractivity contribution in [3.8, 4) is 23.0 Å². The lowest BCUT2D eigenvalue weighted by Crippen LogP contribution is -1.92. The third kappa shape index (κ3) is 3.63. The first-order valence-electron chi connectivity index (χ1n) is 9.01. The number of fused-ring (bicyclic) bond motifs is 1. The monoisotopic (exact) mass is 336 g/mol. The highest BCUT2D eigenvalue weighted by molar-refractivity contribution is 5.90. The van der Waals surface area contributed by atoms with E-state index in [1.54, 1.807) is 6.08 Å². The molecule has 0 aliphatic carbocycles. The summed E-state index contributed by atoms with van der Waals surface area (Å²) in [6, 6.07) is 21.8. The van der Waals surface area contributed by atoms with Crippen molar-refractivity contribution < 1.29 is 0 Å². The minimum Gasteiger partial charge on any atom is -0.102 e. The second kappa shape index (κ2) is 7.89. The molecule has 2 atom stereocenters. The molecule has 0 aliphatic heterocycles. The molecule has 0 aliphatic rings. The highest BCUT2D eigenvalue weighted by Gasteiger charge is 2.09. The SMILES string of the molecule is C=CC#CC(C)c1cccc(-c2ccc3cccc(C(C)C=C)c3c2)c1.